The molecule has 0 unspecified atom stereocenters. The number of ether oxygens (including phenoxy) is 4. The minimum absolute atomic E-state index is 0.111. The zero-order valence-corrected chi connectivity index (χ0v) is 18.0. The van der Waals surface area contributed by atoms with Crippen LogP contribution in [0, 0.1) is 0 Å². The zero-order valence-electron chi connectivity index (χ0n) is 17.0. The van der Waals surface area contributed by atoms with Crippen LogP contribution in [0.25, 0.3) is 11.1 Å². The topological polar surface area (TPSA) is 86.9 Å². The molecule has 0 saturated heterocycles. The fourth-order valence-corrected chi connectivity index (χ4v) is 3.29. The monoisotopic (exact) mass is 405 g/mol. The average molecular weight is 406 g/mol. The highest BCUT2D eigenvalue weighted by atomic mass is 28.3. The number of aromatic nitrogens is 1. The van der Waals surface area contributed by atoms with Crippen LogP contribution < -0.4 is 15.0 Å². The van der Waals surface area contributed by atoms with Crippen molar-refractivity contribution in [2.75, 3.05) is 27.6 Å². The molecule has 2 rings (SSSR count). The van der Waals surface area contributed by atoms with Gasteiger partial charge in [-0.1, -0.05) is 25.7 Å². The second-order valence-electron chi connectivity index (χ2n) is 7.43. The summed E-state index contributed by atoms with van der Waals surface area (Å²) in [7, 11) is 1.63. The molecule has 7 nitrogen and oxygen atoms in total. The van der Waals surface area contributed by atoms with Gasteiger partial charge in [-0.25, -0.2) is 4.79 Å². The van der Waals surface area contributed by atoms with Crippen molar-refractivity contribution in [3.05, 3.63) is 46.4 Å². The van der Waals surface area contributed by atoms with Crippen molar-refractivity contribution in [1.29, 1.82) is 0 Å². The Morgan fingerprint density at radius 1 is 1.11 bits per heavy atom. The highest BCUT2D eigenvalue weighted by Crippen LogP contribution is 2.32. The summed E-state index contributed by atoms with van der Waals surface area (Å²) in [6.07, 6.45) is 1.41. The van der Waals surface area contributed by atoms with Gasteiger partial charge in [0.25, 0.3) is 5.56 Å². The van der Waals surface area contributed by atoms with Gasteiger partial charge >= 0.3 is 5.97 Å². The summed E-state index contributed by atoms with van der Waals surface area (Å²) < 4.78 is 21.4. The molecule has 1 N–H and O–H groups in total. The molecule has 0 aliphatic heterocycles. The molecule has 1 aromatic heterocycles. The van der Waals surface area contributed by atoms with Crippen LogP contribution in [0.1, 0.15) is 10.4 Å². The van der Waals surface area contributed by atoms with Crippen molar-refractivity contribution in [2.24, 2.45) is 0 Å². The number of H-pyrrole nitrogens is 1. The smallest absolute Gasteiger partial charge is 0.338 e. The number of nitrogens with one attached hydrogen (secondary N) is 1. The standard InChI is InChI=1S/C20H27NO6Si/c1-24-17-12-14(18-15(20(23)25-2)8-9-21-19(18)22)6-7-16(17)27-13-26-10-11-28(3,4)5/h6-9,12H,10-11,13H2,1-5H3,(H,21,22). The van der Waals surface area contributed by atoms with Crippen molar-refractivity contribution in [1.82, 2.24) is 4.98 Å². The fourth-order valence-electron chi connectivity index (χ4n) is 2.53. The zero-order chi connectivity index (χ0) is 20.7. The number of rotatable bonds is 9. The van der Waals surface area contributed by atoms with Crippen LogP contribution in [0.4, 0.5) is 0 Å². The van der Waals surface area contributed by atoms with E-state index in [2.05, 4.69) is 24.6 Å². The highest BCUT2D eigenvalue weighted by Gasteiger charge is 2.18. The highest BCUT2D eigenvalue weighted by molar-refractivity contribution is 6.76. The predicted octanol–water partition coefficient (Wildman–Crippen LogP) is 3.53. The summed E-state index contributed by atoms with van der Waals surface area (Å²) in [5, 5.41) is 0. The van der Waals surface area contributed by atoms with Crippen molar-refractivity contribution < 1.29 is 23.7 Å². The van der Waals surface area contributed by atoms with Gasteiger partial charge in [0.2, 0.25) is 0 Å². The molecule has 0 spiro atoms. The van der Waals surface area contributed by atoms with Gasteiger partial charge in [0, 0.05) is 20.9 Å². The van der Waals surface area contributed by atoms with Gasteiger partial charge in [-0.2, -0.15) is 0 Å². The summed E-state index contributed by atoms with van der Waals surface area (Å²) in [4.78, 5) is 26.9. The first kappa shape index (κ1) is 21.7. The Labute approximate surface area is 165 Å². The number of carbonyl (C=O) groups excluding carboxylic acids is 1. The average Bonchev–Trinajstić information content (AvgIpc) is 2.66. The van der Waals surface area contributed by atoms with Crippen LogP contribution in [0.15, 0.2) is 35.3 Å². The van der Waals surface area contributed by atoms with Gasteiger partial charge in [-0.05, 0) is 29.8 Å². The van der Waals surface area contributed by atoms with Crippen LogP contribution in [0.3, 0.4) is 0 Å². The first-order valence-corrected chi connectivity index (χ1v) is 12.7. The third kappa shape index (κ3) is 5.70. The van der Waals surface area contributed by atoms with E-state index >= 15 is 0 Å². The SMILES string of the molecule is COC(=O)c1cc[nH]c(=O)c1-c1ccc(OCOCC[Si](C)(C)C)c(OC)c1. The molecule has 152 valence electrons. The van der Waals surface area contributed by atoms with E-state index in [-0.39, 0.29) is 17.9 Å². The molecule has 0 fully saturated rings. The number of esters is 1. The Hall–Kier alpha value is -2.58. The third-order valence-electron chi connectivity index (χ3n) is 4.11. The molecule has 1 heterocycles. The number of hydrogen-bond donors (Lipinski definition) is 1. The molecule has 28 heavy (non-hydrogen) atoms. The molecule has 2 aromatic rings. The van der Waals surface area contributed by atoms with Crippen molar-refractivity contribution in [3.63, 3.8) is 0 Å². The molecule has 1 aromatic carbocycles. The van der Waals surface area contributed by atoms with Crippen LogP contribution >= 0.6 is 0 Å². The molecule has 0 saturated carbocycles. The van der Waals surface area contributed by atoms with Crippen molar-refractivity contribution >= 4 is 14.0 Å². The van der Waals surface area contributed by atoms with E-state index in [1.54, 1.807) is 18.2 Å². The van der Waals surface area contributed by atoms with E-state index in [1.165, 1.54) is 26.5 Å². The number of methoxy groups -OCH3 is 2. The molecule has 0 radical (unpaired) electrons. The molecule has 0 aliphatic rings. The molecule has 0 aliphatic carbocycles. The lowest BCUT2D eigenvalue weighted by Gasteiger charge is -2.16. The summed E-state index contributed by atoms with van der Waals surface area (Å²) >= 11 is 0. The van der Waals surface area contributed by atoms with Gasteiger partial charge in [-0.3, -0.25) is 4.79 Å². The fraction of sp³-hybridized carbons (Fsp3) is 0.400. The van der Waals surface area contributed by atoms with Crippen LogP contribution in [-0.2, 0) is 9.47 Å². The number of aromatic amines is 1. The largest absolute Gasteiger partial charge is 0.493 e. The van der Waals surface area contributed by atoms with E-state index in [0.29, 0.717) is 23.7 Å². The minimum atomic E-state index is -1.15. The van der Waals surface area contributed by atoms with E-state index in [4.69, 9.17) is 18.9 Å². The summed E-state index contributed by atoms with van der Waals surface area (Å²) in [6.45, 7) is 7.62. The normalized spacial score (nSPS) is 11.2. The lowest BCUT2D eigenvalue weighted by atomic mass is 10.0. The lowest BCUT2D eigenvalue weighted by molar-refractivity contribution is 0.0205. The molecular formula is C20H27NO6Si. The molecule has 0 atom stereocenters. The number of carbonyl (C=O) groups is 1. The summed E-state index contributed by atoms with van der Waals surface area (Å²) in [5.74, 6) is 0.341. The molecular weight excluding hydrogens is 378 g/mol. The summed E-state index contributed by atoms with van der Waals surface area (Å²) in [5.41, 5.74) is 0.515. The van der Waals surface area contributed by atoms with Crippen molar-refractivity contribution in [2.45, 2.75) is 25.7 Å². The van der Waals surface area contributed by atoms with Crippen LogP contribution in [-0.4, -0.2) is 46.6 Å². The molecule has 8 heteroatoms. The Bertz CT molecular complexity index is 872. The van der Waals surface area contributed by atoms with Crippen LogP contribution in [0.5, 0.6) is 11.5 Å². The van der Waals surface area contributed by atoms with Crippen LogP contribution in [0.2, 0.25) is 25.7 Å². The minimum Gasteiger partial charge on any atom is -0.493 e. The van der Waals surface area contributed by atoms with E-state index in [9.17, 15) is 9.59 Å². The van der Waals surface area contributed by atoms with Gasteiger partial charge in [0.05, 0.1) is 25.3 Å². The Morgan fingerprint density at radius 3 is 2.50 bits per heavy atom. The maximum absolute atomic E-state index is 12.3. The number of benzene rings is 1. The third-order valence-corrected chi connectivity index (χ3v) is 5.82. The van der Waals surface area contributed by atoms with Gasteiger partial charge in [-0.15, -0.1) is 0 Å². The van der Waals surface area contributed by atoms with Gasteiger partial charge in [0.15, 0.2) is 18.3 Å². The number of hydrogen-bond acceptors (Lipinski definition) is 6. The predicted molar refractivity (Wildman–Crippen MR) is 110 cm³/mol. The first-order valence-electron chi connectivity index (χ1n) is 8.96. The van der Waals surface area contributed by atoms with E-state index in [1.807, 2.05) is 0 Å². The van der Waals surface area contributed by atoms with Crippen molar-refractivity contribution in [3.8, 4) is 22.6 Å². The van der Waals surface area contributed by atoms with E-state index < -0.39 is 19.6 Å². The quantitative estimate of drug-likeness (QED) is 0.297. The van der Waals surface area contributed by atoms with E-state index in [0.717, 1.165) is 6.04 Å². The lowest BCUT2D eigenvalue weighted by Crippen LogP contribution is -2.22. The Balaban J connectivity index is 2.20. The Morgan fingerprint density at radius 2 is 1.86 bits per heavy atom. The summed E-state index contributed by atoms with van der Waals surface area (Å²) in [6, 6.07) is 7.58. The first-order chi connectivity index (χ1) is 13.3. The second-order valence-corrected chi connectivity index (χ2v) is 13.1. The molecule has 0 bridgehead atoms. The second kappa shape index (κ2) is 9.56. The number of pyridine rings is 1. The Kier molecular flexibility index (Phi) is 7.42. The molecule has 0 amide bonds. The maximum Gasteiger partial charge on any atom is 0.338 e. The van der Waals surface area contributed by atoms with Gasteiger partial charge in [0.1, 0.15) is 0 Å². The van der Waals surface area contributed by atoms with Gasteiger partial charge < -0.3 is 23.9 Å². The maximum atomic E-state index is 12.3.